The van der Waals surface area contributed by atoms with Crippen molar-refractivity contribution in [2.75, 3.05) is 0 Å². The van der Waals surface area contributed by atoms with Crippen LogP contribution >= 0.6 is 23.2 Å². The van der Waals surface area contributed by atoms with E-state index in [4.69, 9.17) is 32.4 Å². The highest BCUT2D eigenvalue weighted by Crippen LogP contribution is 2.40. The van der Waals surface area contributed by atoms with E-state index in [0.717, 1.165) is 0 Å². The molecular weight excluding hydrogens is 500 g/mol. The Bertz CT molecular complexity index is 1640. The number of benzene rings is 4. The first kappa shape index (κ1) is 23.3. The van der Waals surface area contributed by atoms with E-state index < -0.39 is 22.9 Å². The number of halogens is 5. The van der Waals surface area contributed by atoms with Crippen molar-refractivity contribution in [2.24, 2.45) is 0 Å². The van der Waals surface area contributed by atoms with Gasteiger partial charge in [0.15, 0.2) is 0 Å². The minimum atomic E-state index is -4.89. The number of alkyl halides is 3. The molecule has 5 rings (SSSR count). The molecule has 0 fully saturated rings. The molecule has 0 saturated carbocycles. The van der Waals surface area contributed by atoms with Crippen LogP contribution < -0.4 is 10.2 Å². The van der Waals surface area contributed by atoms with Crippen LogP contribution in [0.5, 0.6) is 5.75 Å². The molecule has 0 atom stereocenters. The van der Waals surface area contributed by atoms with Crippen molar-refractivity contribution in [1.82, 2.24) is 0 Å². The molecule has 0 radical (unpaired) electrons. The van der Waals surface area contributed by atoms with Crippen LogP contribution in [-0.2, 0) is 12.8 Å². The SMILES string of the molecule is O=c1c(-c2cccc3ccccc23)c(C(F)(F)F)oc2cc(OCc3ccc(Cl)c(Cl)c3)ccc12. The summed E-state index contributed by atoms with van der Waals surface area (Å²) in [7, 11) is 0. The Kier molecular flexibility index (Phi) is 5.95. The highest BCUT2D eigenvalue weighted by Gasteiger charge is 2.39. The van der Waals surface area contributed by atoms with E-state index in [2.05, 4.69) is 0 Å². The maximum Gasteiger partial charge on any atom is 0.450 e. The Labute approximate surface area is 207 Å². The molecule has 0 spiro atoms. The number of ether oxygens (including phenoxy) is 1. The van der Waals surface area contributed by atoms with Gasteiger partial charge in [-0.3, -0.25) is 4.79 Å². The summed E-state index contributed by atoms with van der Waals surface area (Å²) in [6.45, 7) is 0.0901. The highest BCUT2D eigenvalue weighted by molar-refractivity contribution is 6.42. The first-order valence-corrected chi connectivity index (χ1v) is 11.2. The summed E-state index contributed by atoms with van der Waals surface area (Å²) in [5.74, 6) is -1.12. The standard InChI is InChI=1S/C27H15Cl2F3O3/c28-21-11-8-15(12-22(21)29)14-34-17-9-10-20-23(13-17)35-26(27(30,31)32)24(25(20)33)19-7-3-5-16-4-1-2-6-18(16)19/h1-13H,14H2. The van der Waals surface area contributed by atoms with Gasteiger partial charge in [-0.05, 0) is 46.2 Å². The fourth-order valence-corrected chi connectivity index (χ4v) is 4.27. The zero-order valence-electron chi connectivity index (χ0n) is 17.8. The van der Waals surface area contributed by atoms with Crippen LogP contribution in [-0.4, -0.2) is 0 Å². The highest BCUT2D eigenvalue weighted by atomic mass is 35.5. The molecule has 0 amide bonds. The first-order valence-electron chi connectivity index (χ1n) is 10.5. The lowest BCUT2D eigenvalue weighted by Crippen LogP contribution is -2.16. The molecule has 0 N–H and O–H groups in total. The second-order valence-corrected chi connectivity index (χ2v) is 8.67. The molecule has 1 aromatic heterocycles. The topological polar surface area (TPSA) is 39.4 Å². The van der Waals surface area contributed by atoms with Gasteiger partial charge in [-0.2, -0.15) is 13.2 Å². The predicted octanol–water partition coefficient (Wildman–Crippen LogP) is 8.52. The van der Waals surface area contributed by atoms with Crippen LogP contribution in [0.25, 0.3) is 32.9 Å². The van der Waals surface area contributed by atoms with E-state index in [1.807, 2.05) is 0 Å². The van der Waals surface area contributed by atoms with Crippen molar-refractivity contribution in [1.29, 1.82) is 0 Å². The predicted molar refractivity (Wildman–Crippen MR) is 131 cm³/mol. The van der Waals surface area contributed by atoms with Crippen molar-refractivity contribution in [2.45, 2.75) is 12.8 Å². The maximum atomic E-state index is 14.1. The normalized spacial score (nSPS) is 11.8. The Morgan fingerprint density at radius 2 is 1.60 bits per heavy atom. The molecule has 0 unspecified atom stereocenters. The van der Waals surface area contributed by atoms with Crippen molar-refractivity contribution in [3.8, 4) is 16.9 Å². The lowest BCUT2D eigenvalue weighted by molar-refractivity contribution is -0.152. The van der Waals surface area contributed by atoms with Crippen LogP contribution in [0.1, 0.15) is 11.3 Å². The van der Waals surface area contributed by atoms with Gasteiger partial charge in [0.1, 0.15) is 17.9 Å². The van der Waals surface area contributed by atoms with Gasteiger partial charge in [0.25, 0.3) is 0 Å². The van der Waals surface area contributed by atoms with Crippen LogP contribution in [0.3, 0.4) is 0 Å². The van der Waals surface area contributed by atoms with Crippen LogP contribution in [0.2, 0.25) is 10.0 Å². The Balaban J connectivity index is 1.62. The van der Waals surface area contributed by atoms with Gasteiger partial charge < -0.3 is 9.15 Å². The molecule has 5 aromatic rings. The molecule has 0 saturated heterocycles. The van der Waals surface area contributed by atoms with Crippen LogP contribution in [0, 0.1) is 0 Å². The van der Waals surface area contributed by atoms with Crippen molar-refractivity contribution < 1.29 is 22.3 Å². The minimum absolute atomic E-state index is 0.0165. The Morgan fingerprint density at radius 1 is 0.829 bits per heavy atom. The first-order chi connectivity index (χ1) is 16.7. The van der Waals surface area contributed by atoms with E-state index in [0.29, 0.717) is 26.4 Å². The molecule has 4 aromatic carbocycles. The zero-order chi connectivity index (χ0) is 24.7. The molecule has 1 heterocycles. The Hall–Kier alpha value is -3.48. The van der Waals surface area contributed by atoms with E-state index in [1.54, 1.807) is 54.6 Å². The second-order valence-electron chi connectivity index (χ2n) is 7.85. The van der Waals surface area contributed by atoms with E-state index in [1.165, 1.54) is 24.3 Å². The van der Waals surface area contributed by atoms with Crippen LogP contribution in [0.4, 0.5) is 13.2 Å². The minimum Gasteiger partial charge on any atom is -0.489 e. The van der Waals surface area contributed by atoms with Gasteiger partial charge in [-0.25, -0.2) is 0 Å². The molecule has 176 valence electrons. The number of rotatable bonds is 4. The molecule has 0 aliphatic heterocycles. The summed E-state index contributed by atoms with van der Waals surface area (Å²) in [5, 5.41) is 2.00. The number of hydrogen-bond donors (Lipinski definition) is 0. The third-order valence-electron chi connectivity index (χ3n) is 5.57. The van der Waals surface area contributed by atoms with Crippen molar-refractivity contribution in [3.05, 3.63) is 110 Å². The molecule has 0 aliphatic rings. The third kappa shape index (κ3) is 4.47. The largest absolute Gasteiger partial charge is 0.489 e. The fraction of sp³-hybridized carbons (Fsp3) is 0.0741. The second kappa shape index (κ2) is 8.95. The maximum absolute atomic E-state index is 14.1. The Morgan fingerprint density at radius 3 is 2.37 bits per heavy atom. The summed E-state index contributed by atoms with van der Waals surface area (Å²) < 4.78 is 53.3. The smallest absolute Gasteiger partial charge is 0.450 e. The summed E-state index contributed by atoms with van der Waals surface area (Å²) in [5.41, 5.74) is -0.649. The molecule has 0 bridgehead atoms. The third-order valence-corrected chi connectivity index (χ3v) is 6.31. The summed E-state index contributed by atoms with van der Waals surface area (Å²) in [6.07, 6.45) is -4.89. The van der Waals surface area contributed by atoms with Gasteiger partial charge in [0.2, 0.25) is 11.2 Å². The quantitative estimate of drug-likeness (QED) is 0.241. The molecule has 8 heteroatoms. The lowest BCUT2D eigenvalue weighted by Gasteiger charge is -2.15. The number of fused-ring (bicyclic) bond motifs is 2. The number of hydrogen-bond acceptors (Lipinski definition) is 3. The van der Waals surface area contributed by atoms with E-state index >= 15 is 0 Å². The molecule has 35 heavy (non-hydrogen) atoms. The van der Waals surface area contributed by atoms with E-state index in [9.17, 15) is 18.0 Å². The fourth-order valence-electron chi connectivity index (χ4n) is 3.95. The van der Waals surface area contributed by atoms with Gasteiger partial charge in [-0.15, -0.1) is 0 Å². The van der Waals surface area contributed by atoms with Crippen molar-refractivity contribution >= 4 is 44.9 Å². The van der Waals surface area contributed by atoms with Gasteiger partial charge >= 0.3 is 6.18 Å². The summed E-state index contributed by atoms with van der Waals surface area (Å²) >= 11 is 11.9. The van der Waals surface area contributed by atoms with E-state index in [-0.39, 0.29) is 28.9 Å². The lowest BCUT2D eigenvalue weighted by atomic mass is 9.96. The summed E-state index contributed by atoms with van der Waals surface area (Å²) in [4.78, 5) is 13.4. The van der Waals surface area contributed by atoms with Gasteiger partial charge in [0, 0.05) is 6.07 Å². The van der Waals surface area contributed by atoms with Gasteiger partial charge in [0.05, 0.1) is 21.0 Å². The average molecular weight is 515 g/mol. The molecular formula is C27H15Cl2F3O3. The van der Waals surface area contributed by atoms with Gasteiger partial charge in [-0.1, -0.05) is 71.7 Å². The zero-order valence-corrected chi connectivity index (χ0v) is 19.3. The van der Waals surface area contributed by atoms with Crippen LogP contribution in [0.15, 0.2) is 88.1 Å². The molecule has 3 nitrogen and oxygen atoms in total. The summed E-state index contributed by atoms with van der Waals surface area (Å²) in [6, 6.07) is 21.0. The average Bonchev–Trinajstić information content (AvgIpc) is 2.84. The van der Waals surface area contributed by atoms with Crippen molar-refractivity contribution in [3.63, 3.8) is 0 Å². The molecule has 0 aliphatic carbocycles. The monoisotopic (exact) mass is 514 g/mol.